The van der Waals surface area contributed by atoms with Crippen LogP contribution in [0.1, 0.15) is 35.7 Å². The summed E-state index contributed by atoms with van der Waals surface area (Å²) in [5, 5.41) is 5.47. The fraction of sp³-hybridized carbons (Fsp3) is 0.556. The first-order chi connectivity index (χ1) is 12.3. The van der Waals surface area contributed by atoms with Crippen LogP contribution in [0.2, 0.25) is 0 Å². The lowest BCUT2D eigenvalue weighted by atomic mass is 9.97. The highest BCUT2D eigenvalue weighted by Gasteiger charge is 2.31. The van der Waals surface area contributed by atoms with Crippen LogP contribution in [0.25, 0.3) is 0 Å². The molecular weight excluding hydrogens is 347 g/mol. The molecule has 144 valence electrons. The Morgan fingerprint density at radius 1 is 1.27 bits per heavy atom. The van der Waals surface area contributed by atoms with E-state index >= 15 is 0 Å². The topological polar surface area (TPSA) is 61.4 Å². The van der Waals surface area contributed by atoms with Crippen molar-refractivity contribution in [2.24, 2.45) is 5.92 Å². The third-order valence-electron chi connectivity index (χ3n) is 4.35. The van der Waals surface area contributed by atoms with Gasteiger partial charge in [-0.1, -0.05) is 6.07 Å². The van der Waals surface area contributed by atoms with Gasteiger partial charge in [-0.15, -0.1) is 0 Å². The molecule has 1 aromatic rings. The summed E-state index contributed by atoms with van der Waals surface area (Å²) in [5.41, 5.74) is -0.842. The van der Waals surface area contributed by atoms with Gasteiger partial charge in [-0.2, -0.15) is 13.2 Å². The van der Waals surface area contributed by atoms with E-state index in [1.165, 1.54) is 12.1 Å². The van der Waals surface area contributed by atoms with Crippen LogP contribution < -0.4 is 10.6 Å². The van der Waals surface area contributed by atoms with Gasteiger partial charge in [0.25, 0.3) is 5.91 Å². The van der Waals surface area contributed by atoms with Crippen molar-refractivity contribution in [2.45, 2.75) is 25.9 Å². The molecular formula is C18H24F3N3O2. The minimum Gasteiger partial charge on any atom is -0.355 e. The van der Waals surface area contributed by atoms with Gasteiger partial charge in [-0.25, -0.2) is 0 Å². The zero-order valence-electron chi connectivity index (χ0n) is 14.7. The number of alkyl halides is 3. The maximum atomic E-state index is 12.7. The summed E-state index contributed by atoms with van der Waals surface area (Å²) in [5.74, 6) is -0.369. The van der Waals surface area contributed by atoms with Crippen LogP contribution in [0.3, 0.4) is 0 Å². The first-order valence-electron chi connectivity index (χ1n) is 8.74. The Morgan fingerprint density at radius 3 is 2.73 bits per heavy atom. The number of benzene rings is 1. The summed E-state index contributed by atoms with van der Waals surface area (Å²) in [6, 6.07) is 4.40. The first-order valence-corrected chi connectivity index (χ1v) is 8.74. The lowest BCUT2D eigenvalue weighted by Gasteiger charge is -2.32. The van der Waals surface area contributed by atoms with Gasteiger partial charge in [-0.3, -0.25) is 14.5 Å². The number of hydrogen-bond donors (Lipinski definition) is 2. The van der Waals surface area contributed by atoms with E-state index in [0.717, 1.165) is 31.5 Å². The zero-order chi connectivity index (χ0) is 19.2. The smallest absolute Gasteiger partial charge is 0.355 e. The second kappa shape index (κ2) is 9.02. The number of amides is 2. The summed E-state index contributed by atoms with van der Waals surface area (Å²) >= 11 is 0. The summed E-state index contributed by atoms with van der Waals surface area (Å²) < 4.78 is 38.2. The van der Waals surface area contributed by atoms with Crippen LogP contribution in [-0.2, 0) is 11.0 Å². The van der Waals surface area contributed by atoms with Gasteiger partial charge in [-0.05, 0) is 50.4 Å². The summed E-state index contributed by atoms with van der Waals surface area (Å²) in [4.78, 5) is 25.9. The molecule has 0 saturated carbocycles. The third kappa shape index (κ3) is 6.01. The molecule has 0 radical (unpaired) electrons. The third-order valence-corrected chi connectivity index (χ3v) is 4.35. The highest BCUT2D eigenvalue weighted by Crippen LogP contribution is 2.29. The van der Waals surface area contributed by atoms with Crippen molar-refractivity contribution in [3.8, 4) is 0 Å². The van der Waals surface area contributed by atoms with Crippen LogP contribution in [0, 0.1) is 5.92 Å². The fourth-order valence-electron chi connectivity index (χ4n) is 3.09. The number of piperidine rings is 1. The van der Waals surface area contributed by atoms with E-state index in [1.807, 2.05) is 11.8 Å². The highest BCUT2D eigenvalue weighted by atomic mass is 19.4. The standard InChI is InChI=1S/C18H24F3N3O2/c1-2-22-16(25)12-24-8-4-5-13(11-24)10-23-17(26)14-6-3-7-15(9-14)18(19,20)21/h3,6-7,9,13H,2,4-5,8,10-12H2,1H3,(H,22,25)(H,23,26)/t13-/m0/s1. The van der Waals surface area contributed by atoms with E-state index in [1.54, 1.807) is 0 Å². The molecule has 2 rings (SSSR count). The Balaban J connectivity index is 1.86. The van der Waals surface area contributed by atoms with Crippen LogP contribution in [0.5, 0.6) is 0 Å². The first kappa shape index (κ1) is 20.2. The van der Waals surface area contributed by atoms with Crippen molar-refractivity contribution in [3.05, 3.63) is 35.4 Å². The number of nitrogens with zero attached hydrogens (tertiary/aromatic N) is 1. The number of carbonyl (C=O) groups is 2. The van der Waals surface area contributed by atoms with Gasteiger partial charge in [0.05, 0.1) is 12.1 Å². The molecule has 1 fully saturated rings. The summed E-state index contributed by atoms with van der Waals surface area (Å²) in [6.45, 7) is 4.66. The van der Waals surface area contributed by atoms with Crippen molar-refractivity contribution in [1.82, 2.24) is 15.5 Å². The van der Waals surface area contributed by atoms with Gasteiger partial charge in [0, 0.05) is 25.2 Å². The maximum Gasteiger partial charge on any atom is 0.416 e. The second-order valence-electron chi connectivity index (χ2n) is 6.49. The largest absolute Gasteiger partial charge is 0.416 e. The SMILES string of the molecule is CCNC(=O)CN1CCC[C@@H](CNC(=O)c2cccc(C(F)(F)F)c2)C1. The van der Waals surface area contributed by atoms with Gasteiger partial charge in [0.15, 0.2) is 0 Å². The molecule has 1 aliphatic heterocycles. The summed E-state index contributed by atoms with van der Waals surface area (Å²) in [6.07, 6.45) is -2.64. The van der Waals surface area contributed by atoms with E-state index in [4.69, 9.17) is 0 Å². The minimum absolute atomic E-state index is 0.00480. The number of nitrogens with one attached hydrogen (secondary N) is 2. The molecule has 1 heterocycles. The molecule has 1 atom stereocenters. The molecule has 1 aliphatic rings. The van der Waals surface area contributed by atoms with E-state index in [9.17, 15) is 22.8 Å². The molecule has 2 amide bonds. The molecule has 5 nitrogen and oxygen atoms in total. The van der Waals surface area contributed by atoms with Crippen LogP contribution in [-0.4, -0.2) is 49.4 Å². The lowest BCUT2D eigenvalue weighted by molar-refractivity contribution is -0.137. The van der Waals surface area contributed by atoms with Crippen molar-refractivity contribution < 1.29 is 22.8 Å². The summed E-state index contributed by atoms with van der Waals surface area (Å²) in [7, 11) is 0. The Hall–Kier alpha value is -2.09. The number of carbonyl (C=O) groups excluding carboxylic acids is 2. The molecule has 8 heteroatoms. The molecule has 2 N–H and O–H groups in total. The Bertz CT molecular complexity index is 634. The molecule has 0 unspecified atom stereocenters. The minimum atomic E-state index is -4.47. The number of rotatable bonds is 6. The van der Waals surface area contributed by atoms with E-state index in [2.05, 4.69) is 10.6 Å². The number of halogens is 3. The predicted molar refractivity (Wildman–Crippen MR) is 91.6 cm³/mol. The normalized spacial score (nSPS) is 18.4. The molecule has 0 bridgehead atoms. The molecule has 1 aromatic carbocycles. The van der Waals surface area contributed by atoms with Crippen LogP contribution in [0.15, 0.2) is 24.3 Å². The van der Waals surface area contributed by atoms with E-state index in [0.29, 0.717) is 26.2 Å². The zero-order valence-corrected chi connectivity index (χ0v) is 14.7. The quantitative estimate of drug-likeness (QED) is 0.807. The van der Waals surface area contributed by atoms with Gasteiger partial charge >= 0.3 is 6.18 Å². The monoisotopic (exact) mass is 371 g/mol. The molecule has 0 aromatic heterocycles. The average Bonchev–Trinajstić information content (AvgIpc) is 2.59. The van der Waals surface area contributed by atoms with Crippen LogP contribution >= 0.6 is 0 Å². The number of hydrogen-bond acceptors (Lipinski definition) is 3. The highest BCUT2D eigenvalue weighted by molar-refractivity contribution is 5.94. The number of likely N-dealkylation sites (tertiary alicyclic amines) is 1. The molecule has 1 saturated heterocycles. The Labute approximate surface area is 150 Å². The molecule has 0 aliphatic carbocycles. The lowest BCUT2D eigenvalue weighted by Crippen LogP contribution is -2.45. The fourth-order valence-corrected chi connectivity index (χ4v) is 3.09. The van der Waals surface area contributed by atoms with Gasteiger partial charge in [0.2, 0.25) is 5.91 Å². The second-order valence-corrected chi connectivity index (χ2v) is 6.49. The Morgan fingerprint density at radius 2 is 2.04 bits per heavy atom. The van der Waals surface area contributed by atoms with E-state index < -0.39 is 17.6 Å². The van der Waals surface area contributed by atoms with Crippen molar-refractivity contribution in [3.63, 3.8) is 0 Å². The van der Waals surface area contributed by atoms with Crippen molar-refractivity contribution in [2.75, 3.05) is 32.7 Å². The molecule has 26 heavy (non-hydrogen) atoms. The Kier molecular flexibility index (Phi) is 7.02. The molecule has 0 spiro atoms. The van der Waals surface area contributed by atoms with Crippen molar-refractivity contribution in [1.29, 1.82) is 0 Å². The van der Waals surface area contributed by atoms with Crippen LogP contribution in [0.4, 0.5) is 13.2 Å². The van der Waals surface area contributed by atoms with Gasteiger partial charge in [0.1, 0.15) is 0 Å². The van der Waals surface area contributed by atoms with Gasteiger partial charge < -0.3 is 10.6 Å². The average molecular weight is 371 g/mol. The maximum absolute atomic E-state index is 12.7. The number of likely N-dealkylation sites (N-methyl/N-ethyl adjacent to an activating group) is 1. The predicted octanol–water partition coefficient (Wildman–Crippen LogP) is 2.28. The van der Waals surface area contributed by atoms with Crippen molar-refractivity contribution >= 4 is 11.8 Å². The van der Waals surface area contributed by atoms with E-state index in [-0.39, 0.29) is 17.4 Å².